The summed E-state index contributed by atoms with van der Waals surface area (Å²) in [5.74, 6) is -0.919. The molecule has 0 spiro atoms. The van der Waals surface area contributed by atoms with Crippen molar-refractivity contribution in [3.8, 4) is 5.75 Å². The lowest BCUT2D eigenvalue weighted by atomic mass is 10.0. The van der Waals surface area contributed by atoms with Gasteiger partial charge in [-0.1, -0.05) is 19.8 Å². The number of Topliss-reactive ketones (excluding diaryl/α,β-unsaturated/α-hetero) is 1. The monoisotopic (exact) mass is 288 g/mol. The molecule has 0 unspecified atom stereocenters. The van der Waals surface area contributed by atoms with Crippen molar-refractivity contribution in [2.45, 2.75) is 32.6 Å². The first-order valence-electron chi connectivity index (χ1n) is 5.27. The summed E-state index contributed by atoms with van der Waals surface area (Å²) < 4.78 is 13.3. The van der Waals surface area contributed by atoms with Gasteiger partial charge in [-0.25, -0.2) is 4.39 Å². The molecule has 1 aromatic rings. The number of aromatic hydroxyl groups is 1. The van der Waals surface area contributed by atoms with Crippen LogP contribution in [0.2, 0.25) is 0 Å². The summed E-state index contributed by atoms with van der Waals surface area (Å²) in [6.07, 6.45) is 3.09. The van der Waals surface area contributed by atoms with Crippen LogP contribution in [0.15, 0.2) is 16.6 Å². The summed E-state index contributed by atoms with van der Waals surface area (Å²) >= 11 is 3.00. The van der Waals surface area contributed by atoms with Crippen LogP contribution in [0, 0.1) is 5.82 Å². The van der Waals surface area contributed by atoms with Gasteiger partial charge in [0, 0.05) is 6.42 Å². The molecule has 1 aromatic carbocycles. The van der Waals surface area contributed by atoms with Crippen LogP contribution in [-0.2, 0) is 0 Å². The van der Waals surface area contributed by atoms with Crippen LogP contribution in [0.1, 0.15) is 43.0 Å². The van der Waals surface area contributed by atoms with Crippen LogP contribution in [0.25, 0.3) is 0 Å². The maximum atomic E-state index is 13.1. The molecule has 0 fully saturated rings. The summed E-state index contributed by atoms with van der Waals surface area (Å²) in [5.41, 5.74) is 0.0583. The zero-order valence-corrected chi connectivity index (χ0v) is 10.7. The lowest BCUT2D eigenvalue weighted by molar-refractivity contribution is 0.0976. The van der Waals surface area contributed by atoms with Crippen molar-refractivity contribution in [2.24, 2.45) is 0 Å². The van der Waals surface area contributed by atoms with E-state index in [1.807, 2.05) is 6.92 Å². The van der Waals surface area contributed by atoms with Crippen LogP contribution in [0.3, 0.4) is 0 Å². The van der Waals surface area contributed by atoms with E-state index >= 15 is 0 Å². The molecule has 0 aliphatic heterocycles. The fourth-order valence-electron chi connectivity index (χ4n) is 1.45. The Morgan fingerprint density at radius 2 is 2.12 bits per heavy atom. The van der Waals surface area contributed by atoms with Gasteiger partial charge in [0.2, 0.25) is 0 Å². The van der Waals surface area contributed by atoms with Gasteiger partial charge in [-0.05, 0) is 34.5 Å². The minimum atomic E-state index is -0.525. The van der Waals surface area contributed by atoms with E-state index in [1.54, 1.807) is 0 Å². The van der Waals surface area contributed by atoms with Gasteiger partial charge in [0.25, 0.3) is 0 Å². The maximum absolute atomic E-state index is 13.1. The normalized spacial score (nSPS) is 10.4. The molecule has 0 amide bonds. The highest BCUT2D eigenvalue weighted by Gasteiger charge is 2.14. The molecular formula is C12H14BrFO2. The van der Waals surface area contributed by atoms with E-state index in [9.17, 15) is 14.3 Å². The zero-order chi connectivity index (χ0) is 12.1. The highest BCUT2D eigenvalue weighted by molar-refractivity contribution is 9.10. The van der Waals surface area contributed by atoms with Crippen molar-refractivity contribution in [1.82, 2.24) is 0 Å². The summed E-state index contributed by atoms with van der Waals surface area (Å²) in [5, 5.41) is 9.61. The Balaban J connectivity index is 2.82. The van der Waals surface area contributed by atoms with Crippen molar-refractivity contribution in [3.05, 3.63) is 28.0 Å². The Kier molecular flexibility index (Phi) is 4.93. The number of unbranched alkanes of at least 4 members (excludes halogenated alkanes) is 2. The first-order chi connectivity index (χ1) is 7.56. The third kappa shape index (κ3) is 3.30. The van der Waals surface area contributed by atoms with Crippen LogP contribution in [0.5, 0.6) is 5.75 Å². The van der Waals surface area contributed by atoms with Gasteiger partial charge in [0.15, 0.2) is 5.78 Å². The number of carbonyl (C=O) groups excluding carboxylic acids is 1. The van der Waals surface area contributed by atoms with E-state index in [1.165, 1.54) is 0 Å². The van der Waals surface area contributed by atoms with E-state index < -0.39 is 5.82 Å². The molecule has 0 aliphatic rings. The summed E-state index contributed by atoms with van der Waals surface area (Å²) in [4.78, 5) is 11.7. The van der Waals surface area contributed by atoms with Crippen molar-refractivity contribution < 1.29 is 14.3 Å². The third-order valence-electron chi connectivity index (χ3n) is 2.34. The van der Waals surface area contributed by atoms with Gasteiger partial charge in [0.05, 0.1) is 10.0 Å². The lowest BCUT2D eigenvalue weighted by Crippen LogP contribution is -2.00. The average Bonchev–Trinajstić information content (AvgIpc) is 2.23. The minimum Gasteiger partial charge on any atom is -0.506 e. The smallest absolute Gasteiger partial charge is 0.166 e. The molecule has 1 rings (SSSR count). The van der Waals surface area contributed by atoms with Gasteiger partial charge < -0.3 is 5.11 Å². The number of carbonyl (C=O) groups is 1. The fraction of sp³-hybridized carbons (Fsp3) is 0.417. The SMILES string of the molecule is CCCCCC(=O)c1cc(F)cc(Br)c1O. The van der Waals surface area contributed by atoms with Crippen LogP contribution < -0.4 is 0 Å². The Morgan fingerprint density at radius 1 is 1.44 bits per heavy atom. The molecule has 0 aromatic heterocycles. The Labute approximate surface area is 103 Å². The maximum Gasteiger partial charge on any atom is 0.166 e. The quantitative estimate of drug-likeness (QED) is 0.655. The molecule has 2 nitrogen and oxygen atoms in total. The van der Waals surface area contributed by atoms with E-state index in [0.717, 1.165) is 31.4 Å². The van der Waals surface area contributed by atoms with E-state index in [4.69, 9.17) is 0 Å². The number of benzene rings is 1. The van der Waals surface area contributed by atoms with Gasteiger partial charge >= 0.3 is 0 Å². The highest BCUT2D eigenvalue weighted by atomic mass is 79.9. The summed E-state index contributed by atoms with van der Waals surface area (Å²) in [6, 6.07) is 2.21. The molecular weight excluding hydrogens is 275 g/mol. The van der Waals surface area contributed by atoms with Crippen LogP contribution in [-0.4, -0.2) is 10.9 Å². The number of halogens is 2. The highest BCUT2D eigenvalue weighted by Crippen LogP contribution is 2.30. The molecule has 0 bridgehead atoms. The van der Waals surface area contributed by atoms with Gasteiger partial charge in [-0.15, -0.1) is 0 Å². The molecule has 88 valence electrons. The summed E-state index contributed by atoms with van der Waals surface area (Å²) in [6.45, 7) is 2.04. The lowest BCUT2D eigenvalue weighted by Gasteiger charge is -2.05. The zero-order valence-electron chi connectivity index (χ0n) is 9.09. The third-order valence-corrected chi connectivity index (χ3v) is 2.94. The Morgan fingerprint density at radius 3 is 2.75 bits per heavy atom. The number of hydrogen-bond donors (Lipinski definition) is 1. The number of hydrogen-bond acceptors (Lipinski definition) is 2. The predicted molar refractivity (Wildman–Crippen MR) is 64.2 cm³/mol. The molecule has 1 N–H and O–H groups in total. The second kappa shape index (κ2) is 5.99. The second-order valence-corrected chi connectivity index (χ2v) is 4.52. The van der Waals surface area contributed by atoms with Crippen LogP contribution >= 0.6 is 15.9 Å². The number of rotatable bonds is 5. The molecule has 0 saturated heterocycles. The standard InChI is InChI=1S/C12H14BrFO2/c1-2-3-4-5-11(15)9-6-8(14)7-10(13)12(9)16/h6-7,16H,2-5H2,1H3. The molecule has 0 radical (unpaired) electrons. The summed E-state index contributed by atoms with van der Waals surface area (Å²) in [7, 11) is 0. The number of ketones is 1. The topological polar surface area (TPSA) is 37.3 Å². The van der Waals surface area contributed by atoms with E-state index in [0.29, 0.717) is 6.42 Å². The average molecular weight is 289 g/mol. The van der Waals surface area contributed by atoms with Crippen molar-refractivity contribution in [2.75, 3.05) is 0 Å². The second-order valence-electron chi connectivity index (χ2n) is 3.66. The molecule has 0 saturated carbocycles. The van der Waals surface area contributed by atoms with Crippen LogP contribution in [0.4, 0.5) is 4.39 Å². The fourth-order valence-corrected chi connectivity index (χ4v) is 1.88. The van der Waals surface area contributed by atoms with Gasteiger partial charge in [0.1, 0.15) is 11.6 Å². The Bertz CT molecular complexity index is 391. The first kappa shape index (κ1) is 13.2. The number of phenolic OH excluding ortho intramolecular Hbond substituents is 1. The predicted octanol–water partition coefficient (Wildman–Crippen LogP) is 4.06. The Hall–Kier alpha value is -0.900. The largest absolute Gasteiger partial charge is 0.506 e. The molecule has 0 atom stereocenters. The number of phenols is 1. The van der Waals surface area contributed by atoms with Gasteiger partial charge in [-0.2, -0.15) is 0 Å². The molecule has 4 heteroatoms. The molecule has 0 heterocycles. The first-order valence-corrected chi connectivity index (χ1v) is 6.06. The minimum absolute atomic E-state index is 0.0583. The van der Waals surface area contributed by atoms with Crippen molar-refractivity contribution in [1.29, 1.82) is 0 Å². The molecule has 0 aliphatic carbocycles. The van der Waals surface area contributed by atoms with E-state index in [2.05, 4.69) is 15.9 Å². The molecule has 16 heavy (non-hydrogen) atoms. The van der Waals surface area contributed by atoms with Crippen molar-refractivity contribution in [3.63, 3.8) is 0 Å². The van der Waals surface area contributed by atoms with E-state index in [-0.39, 0.29) is 21.6 Å². The van der Waals surface area contributed by atoms with Crippen molar-refractivity contribution >= 4 is 21.7 Å². The van der Waals surface area contributed by atoms with Gasteiger partial charge in [-0.3, -0.25) is 4.79 Å².